The number of rotatable bonds is 2. The van der Waals surface area contributed by atoms with E-state index < -0.39 is 17.3 Å². The minimum atomic E-state index is -1.00. The number of nitrogens with one attached hydrogen (secondary N) is 1. The van der Waals surface area contributed by atoms with Gasteiger partial charge in [-0.1, -0.05) is 12.1 Å². The molecule has 0 bridgehead atoms. The number of ether oxygens (including phenoxy) is 1. The number of aliphatic hydroxyl groups is 1. The lowest BCUT2D eigenvalue weighted by Crippen LogP contribution is -2.31. The van der Waals surface area contributed by atoms with Crippen LogP contribution in [0.2, 0.25) is 0 Å². The fourth-order valence-corrected chi connectivity index (χ4v) is 2.54. The van der Waals surface area contributed by atoms with Gasteiger partial charge in [-0.25, -0.2) is 4.79 Å². The lowest BCUT2D eigenvalue weighted by molar-refractivity contribution is -0.125. The van der Waals surface area contributed by atoms with Crippen molar-refractivity contribution in [3.8, 4) is 0 Å². The van der Waals surface area contributed by atoms with Crippen LogP contribution in [0.1, 0.15) is 52.0 Å². The summed E-state index contributed by atoms with van der Waals surface area (Å²) < 4.78 is 5.21. The maximum Gasteiger partial charge on any atom is 0.412 e. The highest BCUT2D eigenvalue weighted by Crippen LogP contribution is 2.36. The molecule has 1 saturated carbocycles. The van der Waals surface area contributed by atoms with Gasteiger partial charge in [0.1, 0.15) is 11.4 Å². The van der Waals surface area contributed by atoms with E-state index in [0.29, 0.717) is 36.9 Å². The molecule has 5 heteroatoms. The topological polar surface area (TPSA) is 75.6 Å². The van der Waals surface area contributed by atoms with Crippen molar-refractivity contribution >= 4 is 17.6 Å². The van der Waals surface area contributed by atoms with Crippen molar-refractivity contribution in [2.24, 2.45) is 0 Å². The van der Waals surface area contributed by atoms with E-state index in [1.54, 1.807) is 39.0 Å². The summed E-state index contributed by atoms with van der Waals surface area (Å²) in [6.45, 7) is 5.39. The Labute approximate surface area is 130 Å². The molecule has 120 valence electrons. The SMILES string of the molecule is CC(C)(C)OC(=O)Nc1cccc(C2(O)CCC(=O)CC2)c1. The molecular weight excluding hydrogens is 282 g/mol. The average molecular weight is 305 g/mol. The lowest BCUT2D eigenvalue weighted by atomic mass is 9.79. The molecule has 0 aromatic heterocycles. The van der Waals surface area contributed by atoms with Gasteiger partial charge in [0.05, 0.1) is 5.60 Å². The summed E-state index contributed by atoms with van der Waals surface area (Å²) in [4.78, 5) is 23.1. The first-order chi connectivity index (χ1) is 10.2. The van der Waals surface area contributed by atoms with E-state index in [0.717, 1.165) is 0 Å². The highest BCUT2D eigenvalue weighted by atomic mass is 16.6. The quantitative estimate of drug-likeness (QED) is 0.878. The molecule has 0 aliphatic heterocycles. The zero-order chi connectivity index (χ0) is 16.4. The van der Waals surface area contributed by atoms with Gasteiger partial charge in [-0.05, 0) is 51.3 Å². The first kappa shape index (κ1) is 16.5. The van der Waals surface area contributed by atoms with Crippen molar-refractivity contribution in [1.82, 2.24) is 0 Å². The van der Waals surface area contributed by atoms with Gasteiger partial charge in [-0.15, -0.1) is 0 Å². The van der Waals surface area contributed by atoms with Gasteiger partial charge in [-0.2, -0.15) is 0 Å². The first-order valence-electron chi connectivity index (χ1n) is 7.53. The third-order valence-corrected chi connectivity index (χ3v) is 3.68. The number of Topliss-reactive ketones (excluding diaryl/α,β-unsaturated/α-hetero) is 1. The van der Waals surface area contributed by atoms with Gasteiger partial charge in [0.15, 0.2) is 0 Å². The molecular formula is C17H23NO4. The summed E-state index contributed by atoms with van der Waals surface area (Å²) in [5.41, 5.74) is -0.283. The van der Waals surface area contributed by atoms with Crippen LogP contribution in [0.3, 0.4) is 0 Å². The maximum atomic E-state index is 11.8. The Bertz CT molecular complexity index is 564. The normalized spacial score (nSPS) is 17.9. The summed E-state index contributed by atoms with van der Waals surface area (Å²) in [6, 6.07) is 7.07. The predicted octanol–water partition coefficient (Wildman–Crippen LogP) is 3.36. The molecule has 0 spiro atoms. The molecule has 1 aliphatic rings. The van der Waals surface area contributed by atoms with Gasteiger partial charge >= 0.3 is 6.09 Å². The standard InChI is InChI=1S/C17H23NO4/c1-16(2,3)22-15(20)18-13-6-4-5-12(11-13)17(21)9-7-14(19)8-10-17/h4-6,11,21H,7-10H2,1-3H3,(H,18,20). The fraction of sp³-hybridized carbons (Fsp3) is 0.529. The molecule has 0 unspecified atom stereocenters. The van der Waals surface area contributed by atoms with Crippen molar-refractivity contribution in [2.75, 3.05) is 5.32 Å². The van der Waals surface area contributed by atoms with E-state index in [4.69, 9.17) is 4.74 Å². The van der Waals surface area contributed by atoms with Crippen LogP contribution in [0.25, 0.3) is 0 Å². The van der Waals surface area contributed by atoms with Crippen molar-refractivity contribution in [2.45, 2.75) is 57.7 Å². The van der Waals surface area contributed by atoms with E-state index >= 15 is 0 Å². The fourth-order valence-electron chi connectivity index (χ4n) is 2.54. The number of carbonyl (C=O) groups is 2. The van der Waals surface area contributed by atoms with Gasteiger partial charge in [0.25, 0.3) is 0 Å². The molecule has 1 aliphatic carbocycles. The van der Waals surface area contributed by atoms with E-state index in [1.165, 1.54) is 0 Å². The minimum Gasteiger partial charge on any atom is -0.444 e. The van der Waals surface area contributed by atoms with Crippen molar-refractivity contribution < 1.29 is 19.4 Å². The second-order valence-electron chi connectivity index (χ2n) is 6.78. The number of hydrogen-bond donors (Lipinski definition) is 2. The Balaban J connectivity index is 2.10. The van der Waals surface area contributed by atoms with Gasteiger partial charge in [0.2, 0.25) is 0 Å². The molecule has 2 rings (SSSR count). The third-order valence-electron chi connectivity index (χ3n) is 3.68. The molecule has 1 aromatic rings. The van der Waals surface area contributed by atoms with Crippen molar-refractivity contribution in [1.29, 1.82) is 0 Å². The number of hydrogen-bond acceptors (Lipinski definition) is 4. The molecule has 0 saturated heterocycles. The molecule has 1 fully saturated rings. The van der Waals surface area contributed by atoms with Crippen LogP contribution >= 0.6 is 0 Å². The number of carbonyl (C=O) groups excluding carboxylic acids is 2. The van der Waals surface area contributed by atoms with Crippen LogP contribution in [-0.4, -0.2) is 22.6 Å². The third kappa shape index (κ3) is 4.31. The van der Waals surface area contributed by atoms with Crippen LogP contribution in [0.4, 0.5) is 10.5 Å². The molecule has 22 heavy (non-hydrogen) atoms. The van der Waals surface area contributed by atoms with E-state index in [9.17, 15) is 14.7 Å². The summed E-state index contributed by atoms with van der Waals surface area (Å²) in [7, 11) is 0. The van der Waals surface area contributed by atoms with E-state index in [2.05, 4.69) is 5.32 Å². The van der Waals surface area contributed by atoms with Crippen LogP contribution in [0, 0.1) is 0 Å². The molecule has 5 nitrogen and oxygen atoms in total. The number of benzene rings is 1. The molecule has 2 N–H and O–H groups in total. The summed E-state index contributed by atoms with van der Waals surface area (Å²) in [5, 5.41) is 13.4. The Morgan fingerprint density at radius 3 is 2.50 bits per heavy atom. The second kappa shape index (κ2) is 6.08. The second-order valence-corrected chi connectivity index (χ2v) is 6.78. The Kier molecular flexibility index (Phi) is 4.56. The zero-order valence-electron chi connectivity index (χ0n) is 13.3. The molecule has 0 radical (unpaired) electrons. The average Bonchev–Trinajstić information content (AvgIpc) is 2.40. The van der Waals surface area contributed by atoms with E-state index in [1.807, 2.05) is 6.07 Å². The van der Waals surface area contributed by atoms with Crippen molar-refractivity contribution in [3.63, 3.8) is 0 Å². The highest BCUT2D eigenvalue weighted by molar-refractivity contribution is 5.85. The molecule has 1 amide bonds. The largest absolute Gasteiger partial charge is 0.444 e. The van der Waals surface area contributed by atoms with Gasteiger partial charge < -0.3 is 9.84 Å². The monoisotopic (exact) mass is 305 g/mol. The molecule has 0 heterocycles. The first-order valence-corrected chi connectivity index (χ1v) is 7.53. The molecule has 1 aromatic carbocycles. The number of anilines is 1. The predicted molar refractivity (Wildman–Crippen MR) is 83.7 cm³/mol. The number of ketones is 1. The van der Waals surface area contributed by atoms with Crippen molar-refractivity contribution in [3.05, 3.63) is 29.8 Å². The van der Waals surface area contributed by atoms with E-state index in [-0.39, 0.29) is 5.78 Å². The Morgan fingerprint density at radius 2 is 1.91 bits per heavy atom. The van der Waals surface area contributed by atoms with Crippen LogP contribution < -0.4 is 5.32 Å². The van der Waals surface area contributed by atoms with Crippen LogP contribution in [0.5, 0.6) is 0 Å². The lowest BCUT2D eigenvalue weighted by Gasteiger charge is -2.32. The summed E-state index contributed by atoms with van der Waals surface area (Å²) >= 11 is 0. The summed E-state index contributed by atoms with van der Waals surface area (Å²) in [5.74, 6) is 0.188. The van der Waals surface area contributed by atoms with Gasteiger partial charge in [-0.3, -0.25) is 10.1 Å². The smallest absolute Gasteiger partial charge is 0.412 e. The number of amides is 1. The highest BCUT2D eigenvalue weighted by Gasteiger charge is 2.34. The molecule has 0 atom stereocenters. The zero-order valence-corrected chi connectivity index (χ0v) is 13.3. The Morgan fingerprint density at radius 1 is 1.27 bits per heavy atom. The van der Waals surface area contributed by atoms with Gasteiger partial charge in [0, 0.05) is 18.5 Å². The van der Waals surface area contributed by atoms with Crippen LogP contribution in [0.15, 0.2) is 24.3 Å². The van der Waals surface area contributed by atoms with Crippen LogP contribution in [-0.2, 0) is 15.1 Å². The summed E-state index contributed by atoms with van der Waals surface area (Å²) in [6.07, 6.45) is 1.08. The minimum absolute atomic E-state index is 0.188. The Hall–Kier alpha value is -1.88. The maximum absolute atomic E-state index is 11.8.